The minimum absolute atomic E-state index is 0.220. The van der Waals surface area contributed by atoms with Crippen LogP contribution in [0.2, 0.25) is 0 Å². The third kappa shape index (κ3) is 3.71. The Balaban J connectivity index is 1.76. The molecule has 5 heteroatoms. The van der Waals surface area contributed by atoms with Crippen molar-refractivity contribution in [2.45, 2.75) is 25.8 Å². The molecule has 1 unspecified atom stereocenters. The van der Waals surface area contributed by atoms with E-state index >= 15 is 0 Å². The molecule has 1 heterocycles. The minimum atomic E-state index is -1.05. The van der Waals surface area contributed by atoms with E-state index in [1.54, 1.807) is 18.3 Å². The minimum Gasteiger partial charge on any atom is -0.480 e. The number of hydrogen-bond acceptors (Lipinski definition) is 2. The molecule has 0 bridgehead atoms. The summed E-state index contributed by atoms with van der Waals surface area (Å²) in [5, 5.41) is 13.1. The van der Waals surface area contributed by atoms with Crippen LogP contribution in [0, 0.1) is 0 Å². The highest BCUT2D eigenvalue weighted by molar-refractivity contribution is 5.96. The van der Waals surface area contributed by atoms with Gasteiger partial charge in [0, 0.05) is 29.1 Å². The molecule has 0 aliphatic heterocycles. The third-order valence-corrected chi connectivity index (χ3v) is 4.33. The van der Waals surface area contributed by atoms with Crippen LogP contribution < -0.4 is 5.32 Å². The van der Waals surface area contributed by atoms with Crippen molar-refractivity contribution in [1.29, 1.82) is 0 Å². The molecule has 1 amide bonds. The van der Waals surface area contributed by atoms with Crippen molar-refractivity contribution in [1.82, 2.24) is 10.3 Å². The van der Waals surface area contributed by atoms with E-state index in [0.29, 0.717) is 5.56 Å². The number of fused-ring (bicyclic) bond motifs is 1. The molecule has 128 valence electrons. The fourth-order valence-corrected chi connectivity index (χ4v) is 2.85. The number of aliphatic carboxylic acids is 1. The van der Waals surface area contributed by atoms with Gasteiger partial charge in [0.25, 0.3) is 5.91 Å². The van der Waals surface area contributed by atoms with E-state index in [1.165, 1.54) is 0 Å². The third-order valence-electron chi connectivity index (χ3n) is 4.33. The van der Waals surface area contributed by atoms with Crippen molar-refractivity contribution >= 4 is 22.8 Å². The molecular weight excluding hydrogens is 316 g/mol. The maximum atomic E-state index is 12.4. The summed E-state index contributed by atoms with van der Waals surface area (Å²) in [6.07, 6.45) is 2.90. The van der Waals surface area contributed by atoms with Crippen molar-refractivity contribution in [3.63, 3.8) is 0 Å². The molecule has 1 atom stereocenters. The molecule has 0 saturated heterocycles. The van der Waals surface area contributed by atoms with Crippen LogP contribution in [0.15, 0.2) is 54.7 Å². The maximum Gasteiger partial charge on any atom is 0.326 e. The van der Waals surface area contributed by atoms with Crippen molar-refractivity contribution in [2.24, 2.45) is 0 Å². The number of hydrogen-bond donors (Lipinski definition) is 3. The van der Waals surface area contributed by atoms with Gasteiger partial charge in [-0.25, -0.2) is 4.79 Å². The van der Waals surface area contributed by atoms with Gasteiger partial charge in [0.15, 0.2) is 0 Å². The number of rotatable bonds is 6. The quantitative estimate of drug-likeness (QED) is 0.647. The number of para-hydroxylation sites is 1. The zero-order valence-electron chi connectivity index (χ0n) is 14.0. The van der Waals surface area contributed by atoms with Crippen LogP contribution in [0.1, 0.15) is 28.4 Å². The van der Waals surface area contributed by atoms with E-state index in [4.69, 9.17) is 0 Å². The first-order valence-corrected chi connectivity index (χ1v) is 8.26. The lowest BCUT2D eigenvalue weighted by Gasteiger charge is -2.14. The Labute approximate surface area is 145 Å². The van der Waals surface area contributed by atoms with Crippen LogP contribution >= 0.6 is 0 Å². The van der Waals surface area contributed by atoms with E-state index in [9.17, 15) is 14.7 Å². The molecular formula is C20H20N2O3. The number of nitrogens with one attached hydrogen (secondary N) is 2. The number of aromatic nitrogens is 1. The Kier molecular flexibility index (Phi) is 4.84. The van der Waals surface area contributed by atoms with E-state index in [-0.39, 0.29) is 12.3 Å². The fraction of sp³-hybridized carbons (Fsp3) is 0.200. The first kappa shape index (κ1) is 16.8. The monoisotopic (exact) mass is 336 g/mol. The highest BCUT2D eigenvalue weighted by Crippen LogP contribution is 2.19. The summed E-state index contributed by atoms with van der Waals surface area (Å²) in [5.74, 6) is -1.43. The summed E-state index contributed by atoms with van der Waals surface area (Å²) >= 11 is 0. The van der Waals surface area contributed by atoms with Crippen molar-refractivity contribution in [2.75, 3.05) is 0 Å². The van der Waals surface area contributed by atoms with Gasteiger partial charge in [0.2, 0.25) is 0 Å². The summed E-state index contributed by atoms with van der Waals surface area (Å²) in [7, 11) is 0. The zero-order valence-corrected chi connectivity index (χ0v) is 14.0. The van der Waals surface area contributed by atoms with Crippen molar-refractivity contribution in [3.8, 4) is 0 Å². The van der Waals surface area contributed by atoms with E-state index in [2.05, 4.69) is 10.3 Å². The van der Waals surface area contributed by atoms with Crippen LogP contribution in [0.4, 0.5) is 0 Å². The number of carbonyl (C=O) groups is 2. The van der Waals surface area contributed by atoms with Crippen LogP contribution in [0.3, 0.4) is 0 Å². The van der Waals surface area contributed by atoms with Gasteiger partial charge in [-0.05, 0) is 35.7 Å². The average molecular weight is 336 g/mol. The van der Waals surface area contributed by atoms with Crippen molar-refractivity contribution in [3.05, 3.63) is 71.4 Å². The number of H-pyrrole nitrogens is 1. The molecule has 3 N–H and O–H groups in total. The molecule has 2 aromatic carbocycles. The summed E-state index contributed by atoms with van der Waals surface area (Å²) in [5.41, 5.74) is 3.40. The number of aryl methyl sites for hydroxylation is 1. The zero-order chi connectivity index (χ0) is 17.8. The predicted octanol–water partition coefficient (Wildman–Crippen LogP) is 3.16. The van der Waals surface area contributed by atoms with E-state index in [0.717, 1.165) is 28.5 Å². The first-order valence-electron chi connectivity index (χ1n) is 8.26. The second-order valence-corrected chi connectivity index (χ2v) is 5.98. The topological polar surface area (TPSA) is 82.2 Å². The highest BCUT2D eigenvalue weighted by Gasteiger charge is 2.22. The van der Waals surface area contributed by atoms with Crippen LogP contribution in [0.5, 0.6) is 0 Å². The molecule has 0 aliphatic carbocycles. The molecule has 0 aliphatic rings. The molecule has 25 heavy (non-hydrogen) atoms. The van der Waals surface area contributed by atoms with Crippen LogP contribution in [0.25, 0.3) is 10.9 Å². The smallest absolute Gasteiger partial charge is 0.326 e. The lowest BCUT2D eigenvalue weighted by atomic mass is 10.0. The van der Waals surface area contributed by atoms with Crippen molar-refractivity contribution < 1.29 is 14.7 Å². The summed E-state index contributed by atoms with van der Waals surface area (Å²) < 4.78 is 0. The lowest BCUT2D eigenvalue weighted by molar-refractivity contribution is -0.139. The molecule has 0 fully saturated rings. The van der Waals surface area contributed by atoms with Crippen LogP contribution in [-0.4, -0.2) is 28.0 Å². The predicted molar refractivity (Wildman–Crippen MR) is 96.7 cm³/mol. The Hall–Kier alpha value is -3.08. The van der Waals surface area contributed by atoms with Gasteiger partial charge >= 0.3 is 5.97 Å². The standard InChI is InChI=1S/C20H20N2O3/c1-2-13-7-9-14(10-8-13)19(23)22-18(20(24)25)11-15-12-21-17-6-4-3-5-16(15)17/h3-10,12,18,21H,2,11H2,1H3,(H,22,23)(H,24,25). The second-order valence-electron chi connectivity index (χ2n) is 5.98. The molecule has 1 aromatic heterocycles. The molecule has 3 rings (SSSR count). The molecule has 3 aromatic rings. The Bertz CT molecular complexity index is 897. The largest absolute Gasteiger partial charge is 0.480 e. The van der Waals surface area contributed by atoms with Gasteiger partial charge < -0.3 is 15.4 Å². The summed E-state index contributed by atoms with van der Waals surface area (Å²) in [6, 6.07) is 13.9. The molecule has 5 nitrogen and oxygen atoms in total. The van der Waals surface area contributed by atoms with Gasteiger partial charge in [-0.1, -0.05) is 37.3 Å². The maximum absolute atomic E-state index is 12.4. The van der Waals surface area contributed by atoms with Crippen LogP contribution in [-0.2, 0) is 17.6 Å². The normalized spacial score (nSPS) is 12.0. The Morgan fingerprint density at radius 1 is 1.12 bits per heavy atom. The first-order chi connectivity index (χ1) is 12.1. The lowest BCUT2D eigenvalue weighted by Crippen LogP contribution is -2.42. The Morgan fingerprint density at radius 2 is 1.84 bits per heavy atom. The molecule has 0 spiro atoms. The number of carbonyl (C=O) groups excluding carboxylic acids is 1. The number of benzene rings is 2. The number of aromatic amines is 1. The van der Waals surface area contributed by atoms with E-state index in [1.807, 2.05) is 43.3 Å². The van der Waals surface area contributed by atoms with Gasteiger partial charge in [-0.2, -0.15) is 0 Å². The Morgan fingerprint density at radius 3 is 2.52 bits per heavy atom. The van der Waals surface area contributed by atoms with Gasteiger partial charge in [-0.15, -0.1) is 0 Å². The molecule has 0 saturated carbocycles. The van der Waals surface area contributed by atoms with E-state index < -0.39 is 12.0 Å². The van der Waals surface area contributed by atoms with Gasteiger partial charge in [0.1, 0.15) is 6.04 Å². The fourth-order valence-electron chi connectivity index (χ4n) is 2.85. The molecule has 0 radical (unpaired) electrons. The number of carboxylic acids is 1. The SMILES string of the molecule is CCc1ccc(C(=O)NC(Cc2c[nH]c3ccccc23)C(=O)O)cc1. The van der Waals surface area contributed by atoms with Gasteiger partial charge in [-0.3, -0.25) is 4.79 Å². The summed E-state index contributed by atoms with van der Waals surface area (Å²) in [6.45, 7) is 2.04. The van der Waals surface area contributed by atoms with Gasteiger partial charge in [0.05, 0.1) is 0 Å². The average Bonchev–Trinajstić information content (AvgIpc) is 3.04. The number of carboxylic acid groups (broad SMARTS) is 1. The summed E-state index contributed by atoms with van der Waals surface area (Å²) in [4.78, 5) is 27.1. The highest BCUT2D eigenvalue weighted by atomic mass is 16.4. The second kappa shape index (κ2) is 7.21. The number of amides is 1.